The number of hydrogen-bond acceptors (Lipinski definition) is 4. The summed E-state index contributed by atoms with van der Waals surface area (Å²) in [6, 6.07) is 0. The first-order valence-electron chi connectivity index (χ1n) is 8.69. The van der Waals surface area contributed by atoms with Crippen LogP contribution in [0.3, 0.4) is 0 Å². The van der Waals surface area contributed by atoms with Crippen molar-refractivity contribution in [2.75, 3.05) is 33.9 Å². The number of ether oxygens (including phenoxy) is 2. The normalized spacial score (nSPS) is 38.6. The molecule has 0 aromatic heterocycles. The van der Waals surface area contributed by atoms with Gasteiger partial charge in [0.1, 0.15) is 0 Å². The molecule has 1 aliphatic heterocycles. The molecule has 0 aromatic carbocycles. The molecule has 4 unspecified atom stereocenters. The van der Waals surface area contributed by atoms with Gasteiger partial charge < -0.3 is 15.2 Å². The van der Waals surface area contributed by atoms with Gasteiger partial charge in [-0.3, -0.25) is 4.90 Å². The summed E-state index contributed by atoms with van der Waals surface area (Å²) >= 11 is 0. The molecule has 124 valence electrons. The zero-order valence-electron chi connectivity index (χ0n) is 14.1. The van der Waals surface area contributed by atoms with Crippen molar-refractivity contribution in [3.05, 3.63) is 0 Å². The molecule has 4 atom stereocenters. The predicted octanol–water partition coefficient (Wildman–Crippen LogP) is 2.41. The quantitative estimate of drug-likeness (QED) is 0.765. The summed E-state index contributed by atoms with van der Waals surface area (Å²) in [7, 11) is 3.58. The van der Waals surface area contributed by atoms with Crippen molar-refractivity contribution < 1.29 is 9.47 Å². The van der Waals surface area contributed by atoms with Gasteiger partial charge in [0.05, 0.1) is 12.2 Å². The van der Waals surface area contributed by atoms with Crippen LogP contribution in [0.4, 0.5) is 0 Å². The largest absolute Gasteiger partial charge is 0.377 e. The van der Waals surface area contributed by atoms with Crippen LogP contribution in [0.25, 0.3) is 0 Å². The van der Waals surface area contributed by atoms with E-state index in [1.165, 1.54) is 44.9 Å². The van der Waals surface area contributed by atoms with Gasteiger partial charge in [-0.25, -0.2) is 0 Å². The molecular formula is C17H34N2O2. The smallest absolute Gasteiger partial charge is 0.0972 e. The third-order valence-electron chi connectivity index (χ3n) is 5.84. The van der Waals surface area contributed by atoms with Crippen LogP contribution in [0, 0.1) is 5.92 Å². The maximum atomic E-state index is 6.26. The first kappa shape index (κ1) is 17.2. The highest BCUT2D eigenvalue weighted by Crippen LogP contribution is 2.38. The zero-order valence-corrected chi connectivity index (χ0v) is 14.1. The minimum absolute atomic E-state index is 0.173. The molecule has 0 bridgehead atoms. The summed E-state index contributed by atoms with van der Waals surface area (Å²) in [5.74, 6) is 0.905. The molecule has 21 heavy (non-hydrogen) atoms. The molecule has 0 amide bonds. The van der Waals surface area contributed by atoms with E-state index in [-0.39, 0.29) is 17.7 Å². The Morgan fingerprint density at radius 1 is 1.10 bits per heavy atom. The van der Waals surface area contributed by atoms with Crippen molar-refractivity contribution in [2.24, 2.45) is 11.7 Å². The van der Waals surface area contributed by atoms with E-state index in [1.807, 2.05) is 0 Å². The minimum Gasteiger partial charge on any atom is -0.377 e. The minimum atomic E-state index is 0.173. The summed E-state index contributed by atoms with van der Waals surface area (Å²) in [5.41, 5.74) is 6.43. The van der Waals surface area contributed by atoms with Crippen LogP contribution in [0.15, 0.2) is 0 Å². The van der Waals surface area contributed by atoms with E-state index in [2.05, 4.69) is 11.8 Å². The fourth-order valence-electron chi connectivity index (χ4n) is 4.39. The SMILES string of the molecule is CCCC1CCCC(CN)(N2CC(OC)C(OC)C2)CC1. The van der Waals surface area contributed by atoms with Gasteiger partial charge in [0.25, 0.3) is 0 Å². The lowest BCUT2D eigenvalue weighted by Gasteiger charge is -2.41. The zero-order chi connectivity index (χ0) is 15.3. The lowest BCUT2D eigenvalue weighted by atomic mass is 9.87. The molecule has 2 rings (SSSR count). The van der Waals surface area contributed by atoms with Crippen molar-refractivity contribution in [3.8, 4) is 0 Å². The molecular weight excluding hydrogens is 264 g/mol. The maximum absolute atomic E-state index is 6.26. The van der Waals surface area contributed by atoms with Gasteiger partial charge in [-0.1, -0.05) is 32.6 Å². The summed E-state index contributed by atoms with van der Waals surface area (Å²) in [6.07, 6.45) is 9.55. The van der Waals surface area contributed by atoms with Gasteiger partial charge in [0, 0.05) is 39.4 Å². The van der Waals surface area contributed by atoms with Crippen LogP contribution < -0.4 is 5.73 Å². The van der Waals surface area contributed by atoms with Crippen LogP contribution in [-0.2, 0) is 9.47 Å². The Morgan fingerprint density at radius 3 is 2.29 bits per heavy atom. The molecule has 0 aromatic rings. The monoisotopic (exact) mass is 298 g/mol. The number of rotatable bonds is 6. The maximum Gasteiger partial charge on any atom is 0.0972 e. The standard InChI is InChI=1S/C17H34N2O2/c1-4-6-14-7-5-9-17(13-18,10-8-14)19-11-15(20-2)16(12-19)21-3/h14-16H,4-13,18H2,1-3H3. The second kappa shape index (κ2) is 7.91. The Labute approximate surface area is 130 Å². The topological polar surface area (TPSA) is 47.7 Å². The first-order valence-corrected chi connectivity index (χ1v) is 8.69. The highest BCUT2D eigenvalue weighted by Gasteiger charge is 2.44. The molecule has 4 nitrogen and oxygen atoms in total. The van der Waals surface area contributed by atoms with Crippen LogP contribution >= 0.6 is 0 Å². The number of hydrogen-bond donors (Lipinski definition) is 1. The van der Waals surface area contributed by atoms with Gasteiger partial charge in [0.2, 0.25) is 0 Å². The van der Waals surface area contributed by atoms with Crippen LogP contribution in [0.1, 0.15) is 51.9 Å². The van der Waals surface area contributed by atoms with Gasteiger partial charge in [-0.15, -0.1) is 0 Å². The van der Waals surface area contributed by atoms with E-state index in [4.69, 9.17) is 15.2 Å². The number of nitrogens with zero attached hydrogens (tertiary/aromatic N) is 1. The van der Waals surface area contributed by atoms with Crippen molar-refractivity contribution in [2.45, 2.75) is 69.6 Å². The number of nitrogens with two attached hydrogens (primary N) is 1. The van der Waals surface area contributed by atoms with Gasteiger partial charge in [-0.2, -0.15) is 0 Å². The molecule has 0 spiro atoms. The average Bonchev–Trinajstić information content (AvgIpc) is 2.83. The van der Waals surface area contributed by atoms with Crippen molar-refractivity contribution in [3.63, 3.8) is 0 Å². The number of likely N-dealkylation sites (tertiary alicyclic amines) is 1. The fraction of sp³-hybridized carbons (Fsp3) is 1.00. The van der Waals surface area contributed by atoms with E-state index < -0.39 is 0 Å². The van der Waals surface area contributed by atoms with E-state index in [1.54, 1.807) is 14.2 Å². The van der Waals surface area contributed by atoms with E-state index in [0.717, 1.165) is 25.6 Å². The molecule has 4 heteroatoms. The Balaban J connectivity index is 2.04. The average molecular weight is 298 g/mol. The van der Waals surface area contributed by atoms with Crippen molar-refractivity contribution in [1.82, 2.24) is 4.90 Å². The molecule has 2 aliphatic rings. The Hall–Kier alpha value is -0.160. The van der Waals surface area contributed by atoms with Crippen molar-refractivity contribution in [1.29, 1.82) is 0 Å². The van der Waals surface area contributed by atoms with E-state index in [9.17, 15) is 0 Å². The Morgan fingerprint density at radius 2 is 1.76 bits per heavy atom. The van der Waals surface area contributed by atoms with Crippen LogP contribution in [-0.4, -0.2) is 56.5 Å². The Kier molecular flexibility index (Phi) is 6.48. The molecule has 2 fully saturated rings. The van der Waals surface area contributed by atoms with E-state index in [0.29, 0.717) is 0 Å². The lowest BCUT2D eigenvalue weighted by Crippen LogP contribution is -2.53. The predicted molar refractivity (Wildman–Crippen MR) is 86.4 cm³/mol. The molecule has 1 saturated carbocycles. The fourth-order valence-corrected chi connectivity index (χ4v) is 4.39. The lowest BCUT2D eigenvalue weighted by molar-refractivity contribution is -0.00461. The summed E-state index contributed by atoms with van der Waals surface area (Å²) < 4.78 is 11.2. The van der Waals surface area contributed by atoms with Crippen LogP contribution in [0.5, 0.6) is 0 Å². The third kappa shape index (κ3) is 3.79. The summed E-state index contributed by atoms with van der Waals surface area (Å²) in [4.78, 5) is 2.57. The molecule has 2 N–H and O–H groups in total. The number of methoxy groups -OCH3 is 2. The second-order valence-electron chi connectivity index (χ2n) is 6.97. The molecule has 1 saturated heterocycles. The molecule has 1 heterocycles. The summed E-state index contributed by atoms with van der Waals surface area (Å²) in [5, 5.41) is 0. The second-order valence-corrected chi connectivity index (χ2v) is 6.97. The van der Waals surface area contributed by atoms with Crippen LogP contribution in [0.2, 0.25) is 0 Å². The Bertz CT molecular complexity index is 301. The summed E-state index contributed by atoms with van der Waals surface area (Å²) in [6.45, 7) is 4.99. The van der Waals surface area contributed by atoms with Gasteiger partial charge >= 0.3 is 0 Å². The molecule has 0 radical (unpaired) electrons. The molecule has 1 aliphatic carbocycles. The van der Waals surface area contributed by atoms with Crippen molar-refractivity contribution >= 4 is 0 Å². The highest BCUT2D eigenvalue weighted by atomic mass is 16.5. The highest BCUT2D eigenvalue weighted by molar-refractivity contribution is 5.00. The van der Waals surface area contributed by atoms with Gasteiger partial charge in [-0.05, 0) is 25.2 Å². The first-order chi connectivity index (χ1) is 10.2. The third-order valence-corrected chi connectivity index (χ3v) is 5.84. The van der Waals surface area contributed by atoms with Gasteiger partial charge in [0.15, 0.2) is 0 Å². The van der Waals surface area contributed by atoms with E-state index >= 15 is 0 Å².